The minimum Gasteiger partial charge on any atom is -0.497 e. The van der Waals surface area contributed by atoms with E-state index in [9.17, 15) is 9.59 Å². The van der Waals surface area contributed by atoms with Gasteiger partial charge in [0.25, 0.3) is 5.56 Å². The summed E-state index contributed by atoms with van der Waals surface area (Å²) in [5, 5.41) is 0.605. The fourth-order valence-corrected chi connectivity index (χ4v) is 4.22. The summed E-state index contributed by atoms with van der Waals surface area (Å²) in [6.45, 7) is 3.87. The summed E-state index contributed by atoms with van der Waals surface area (Å²) in [6.07, 6.45) is 0. The third kappa shape index (κ3) is 5.17. The summed E-state index contributed by atoms with van der Waals surface area (Å²) in [5.74, 6) is 1.45. The first kappa shape index (κ1) is 22.6. The van der Waals surface area contributed by atoms with Crippen molar-refractivity contribution in [1.29, 1.82) is 0 Å². The van der Waals surface area contributed by atoms with Crippen LogP contribution in [0.3, 0.4) is 0 Å². The van der Waals surface area contributed by atoms with E-state index >= 15 is 0 Å². The molecule has 4 aromatic rings. The van der Waals surface area contributed by atoms with Gasteiger partial charge in [-0.25, -0.2) is 9.78 Å². The van der Waals surface area contributed by atoms with Crippen molar-refractivity contribution in [1.82, 2.24) is 14.9 Å². The lowest BCUT2D eigenvalue weighted by Gasteiger charge is -2.35. The number of benzene rings is 3. The molecule has 5 rings (SSSR count). The zero-order valence-corrected chi connectivity index (χ0v) is 19.4. The zero-order valence-electron chi connectivity index (χ0n) is 19.4. The Kier molecular flexibility index (Phi) is 6.45. The number of esters is 1. The van der Waals surface area contributed by atoms with E-state index in [-0.39, 0.29) is 5.56 Å². The number of nitrogens with one attached hydrogen (secondary N) is 1. The van der Waals surface area contributed by atoms with Crippen LogP contribution in [-0.4, -0.2) is 54.1 Å². The molecule has 8 heteroatoms. The van der Waals surface area contributed by atoms with E-state index < -0.39 is 5.97 Å². The molecule has 0 bridgehead atoms. The van der Waals surface area contributed by atoms with E-state index in [1.54, 1.807) is 43.5 Å². The Morgan fingerprint density at radius 3 is 2.49 bits per heavy atom. The summed E-state index contributed by atoms with van der Waals surface area (Å²) in [4.78, 5) is 36.9. The maximum atomic E-state index is 12.5. The number of hydrogen-bond donors (Lipinski definition) is 1. The molecule has 0 aliphatic carbocycles. The van der Waals surface area contributed by atoms with Gasteiger partial charge in [-0.2, -0.15) is 0 Å². The lowest BCUT2D eigenvalue weighted by Crippen LogP contribution is -2.46. The number of rotatable bonds is 6. The molecular formula is C27H26N4O4. The fourth-order valence-electron chi connectivity index (χ4n) is 4.22. The summed E-state index contributed by atoms with van der Waals surface area (Å²) in [6, 6.07) is 21.8. The molecular weight excluding hydrogens is 444 g/mol. The van der Waals surface area contributed by atoms with Crippen molar-refractivity contribution in [2.75, 3.05) is 38.2 Å². The molecule has 0 unspecified atom stereocenters. The van der Waals surface area contributed by atoms with Crippen molar-refractivity contribution in [3.63, 3.8) is 0 Å². The van der Waals surface area contributed by atoms with Gasteiger partial charge in [-0.1, -0.05) is 18.2 Å². The minimum atomic E-state index is -0.411. The topological polar surface area (TPSA) is 87.8 Å². The lowest BCUT2D eigenvalue weighted by molar-refractivity contribution is 0.0735. The molecule has 0 saturated carbocycles. The van der Waals surface area contributed by atoms with Gasteiger partial charge in [0, 0.05) is 37.9 Å². The standard InChI is InChI=1S/C27H26N4O4/c1-34-21-11-9-19(10-12-21)27(33)35-22-6-4-5-20(17-22)31-15-13-30(14-16-31)18-25-28-24-8-3-2-7-23(24)26(32)29-25/h2-12,17H,13-16,18H2,1H3,(H,28,29,32). The number of hydrogen-bond acceptors (Lipinski definition) is 7. The second-order valence-corrected chi connectivity index (χ2v) is 8.41. The molecule has 3 aromatic carbocycles. The molecule has 2 heterocycles. The number of aromatic amines is 1. The van der Waals surface area contributed by atoms with Gasteiger partial charge in [0.2, 0.25) is 0 Å². The van der Waals surface area contributed by atoms with Gasteiger partial charge in [0.1, 0.15) is 17.3 Å². The Balaban J connectivity index is 1.20. The van der Waals surface area contributed by atoms with Crippen molar-refractivity contribution >= 4 is 22.6 Å². The predicted molar refractivity (Wildman–Crippen MR) is 134 cm³/mol. The molecule has 178 valence electrons. The quantitative estimate of drug-likeness (QED) is 0.341. The number of methoxy groups -OCH3 is 1. The predicted octanol–water partition coefficient (Wildman–Crippen LogP) is 3.47. The number of nitrogens with zero attached hydrogens (tertiary/aromatic N) is 3. The number of carbonyl (C=O) groups is 1. The molecule has 0 radical (unpaired) electrons. The minimum absolute atomic E-state index is 0.106. The van der Waals surface area contributed by atoms with Crippen LogP contribution in [0.15, 0.2) is 77.6 Å². The highest BCUT2D eigenvalue weighted by Crippen LogP contribution is 2.24. The van der Waals surface area contributed by atoms with E-state index in [2.05, 4.69) is 19.8 Å². The molecule has 35 heavy (non-hydrogen) atoms. The smallest absolute Gasteiger partial charge is 0.343 e. The van der Waals surface area contributed by atoms with Crippen molar-refractivity contribution < 1.29 is 14.3 Å². The highest BCUT2D eigenvalue weighted by Gasteiger charge is 2.19. The van der Waals surface area contributed by atoms with Crippen LogP contribution >= 0.6 is 0 Å². The monoisotopic (exact) mass is 470 g/mol. The molecule has 0 spiro atoms. The van der Waals surface area contributed by atoms with Crippen LogP contribution in [0.1, 0.15) is 16.2 Å². The number of para-hydroxylation sites is 1. The Bertz CT molecular complexity index is 1390. The van der Waals surface area contributed by atoms with Gasteiger partial charge in [-0.15, -0.1) is 0 Å². The number of fused-ring (bicyclic) bond motifs is 1. The first-order valence-corrected chi connectivity index (χ1v) is 11.5. The molecule has 1 N–H and O–H groups in total. The number of anilines is 1. The molecule has 1 fully saturated rings. The van der Waals surface area contributed by atoms with E-state index in [0.717, 1.165) is 31.9 Å². The molecule has 8 nitrogen and oxygen atoms in total. The Morgan fingerprint density at radius 1 is 0.943 bits per heavy atom. The van der Waals surface area contributed by atoms with Gasteiger partial charge >= 0.3 is 5.97 Å². The van der Waals surface area contributed by atoms with Crippen LogP contribution < -0.4 is 19.9 Å². The fraction of sp³-hybridized carbons (Fsp3) is 0.222. The van der Waals surface area contributed by atoms with Crippen molar-refractivity contribution in [2.45, 2.75) is 6.54 Å². The molecule has 1 aliphatic rings. The van der Waals surface area contributed by atoms with Crippen molar-refractivity contribution in [2.24, 2.45) is 0 Å². The maximum Gasteiger partial charge on any atom is 0.343 e. The summed E-state index contributed by atoms with van der Waals surface area (Å²) < 4.78 is 10.7. The molecule has 1 saturated heterocycles. The molecule has 0 atom stereocenters. The van der Waals surface area contributed by atoms with Crippen LogP contribution in [0.2, 0.25) is 0 Å². The normalized spacial score (nSPS) is 14.1. The molecule has 0 amide bonds. The van der Waals surface area contributed by atoms with Crippen molar-refractivity contribution in [3.8, 4) is 11.5 Å². The number of aromatic nitrogens is 2. The zero-order chi connectivity index (χ0) is 24.2. The summed E-state index contributed by atoms with van der Waals surface area (Å²) in [5.41, 5.74) is 2.07. The van der Waals surface area contributed by atoms with Crippen LogP contribution in [0.4, 0.5) is 5.69 Å². The Morgan fingerprint density at radius 2 is 1.71 bits per heavy atom. The second-order valence-electron chi connectivity index (χ2n) is 8.41. The van der Waals surface area contributed by atoms with Crippen molar-refractivity contribution in [3.05, 3.63) is 94.5 Å². The van der Waals surface area contributed by atoms with Crippen LogP contribution in [0.25, 0.3) is 10.9 Å². The number of H-pyrrole nitrogens is 1. The maximum absolute atomic E-state index is 12.5. The van der Waals surface area contributed by atoms with Crippen LogP contribution in [0.5, 0.6) is 11.5 Å². The number of carbonyl (C=O) groups excluding carboxylic acids is 1. The van der Waals surface area contributed by atoms with Crippen LogP contribution in [0, 0.1) is 0 Å². The summed E-state index contributed by atoms with van der Waals surface area (Å²) in [7, 11) is 1.58. The van der Waals surface area contributed by atoms with Gasteiger partial charge < -0.3 is 19.4 Å². The average Bonchev–Trinajstić information content (AvgIpc) is 2.89. The molecule has 1 aromatic heterocycles. The molecule has 1 aliphatic heterocycles. The highest BCUT2D eigenvalue weighted by molar-refractivity contribution is 5.91. The third-order valence-electron chi connectivity index (χ3n) is 6.13. The van der Waals surface area contributed by atoms with E-state index in [0.29, 0.717) is 40.3 Å². The average molecular weight is 471 g/mol. The second kappa shape index (κ2) is 9.99. The van der Waals surface area contributed by atoms with Gasteiger partial charge in [0.15, 0.2) is 0 Å². The third-order valence-corrected chi connectivity index (χ3v) is 6.13. The SMILES string of the molecule is COc1ccc(C(=O)Oc2cccc(N3CCN(Cc4nc5ccccc5c(=O)[nH]4)CC3)c2)cc1. The van der Waals surface area contributed by atoms with Crippen LogP contribution in [-0.2, 0) is 6.54 Å². The van der Waals surface area contributed by atoms with Gasteiger partial charge in [-0.05, 0) is 48.5 Å². The first-order valence-electron chi connectivity index (χ1n) is 11.5. The van der Waals surface area contributed by atoms with E-state index in [1.807, 2.05) is 36.4 Å². The van der Waals surface area contributed by atoms with E-state index in [1.165, 1.54) is 0 Å². The largest absolute Gasteiger partial charge is 0.497 e. The first-order chi connectivity index (χ1) is 17.1. The Hall–Kier alpha value is -4.17. The number of piperazine rings is 1. The van der Waals surface area contributed by atoms with Gasteiger partial charge in [0.05, 0.1) is 30.1 Å². The highest BCUT2D eigenvalue weighted by atomic mass is 16.5. The Labute approximate surface area is 202 Å². The van der Waals surface area contributed by atoms with E-state index in [4.69, 9.17) is 9.47 Å². The summed E-state index contributed by atoms with van der Waals surface area (Å²) >= 11 is 0. The lowest BCUT2D eigenvalue weighted by atomic mass is 10.2. The number of ether oxygens (including phenoxy) is 2. The van der Waals surface area contributed by atoms with Gasteiger partial charge in [-0.3, -0.25) is 9.69 Å².